The maximum absolute atomic E-state index is 10.2. The van der Waals surface area contributed by atoms with Gasteiger partial charge in [0.05, 0.1) is 0 Å². The third kappa shape index (κ3) is 6.99. The third-order valence-electron chi connectivity index (χ3n) is 0.534. The normalized spacial score (nSPS) is 7.25. The zero-order valence-electron chi connectivity index (χ0n) is 5.14. The summed E-state index contributed by atoms with van der Waals surface area (Å²) in [6.45, 7) is 0. The van der Waals surface area contributed by atoms with Crippen molar-refractivity contribution in [1.82, 2.24) is 0 Å². The first-order chi connectivity index (χ1) is 3.31. The topological polar surface area (TPSA) is 26.3 Å². The van der Waals surface area contributed by atoms with E-state index in [1.54, 1.807) is 0 Å². The molecule has 0 aliphatic rings. The number of carbonyl (C=O) groups is 1. The van der Waals surface area contributed by atoms with E-state index in [0.717, 1.165) is 5.32 Å². The Kier molecular flexibility index (Phi) is 11.7. The minimum Gasteiger partial charge on any atom is 1.00 e. The third-order valence-corrected chi connectivity index (χ3v) is 0.962. The summed E-state index contributed by atoms with van der Waals surface area (Å²) >= 11 is 2.71. The van der Waals surface area contributed by atoms with E-state index < -0.39 is 0 Å². The van der Waals surface area contributed by atoms with Crippen LogP contribution in [0.1, 0.15) is 6.42 Å². The summed E-state index contributed by atoms with van der Waals surface area (Å²) in [6, 6.07) is 0. The Morgan fingerprint density at radius 1 is 1.75 bits per heavy atom. The van der Waals surface area contributed by atoms with Crippen LogP contribution in [0.15, 0.2) is 0 Å². The molecule has 0 amide bonds. The Labute approximate surface area is 79.5 Å². The molecule has 0 spiro atoms. The van der Waals surface area contributed by atoms with Crippen molar-refractivity contribution in [3.63, 3.8) is 0 Å². The zero-order valence-corrected chi connectivity index (χ0v) is 8.85. The van der Waals surface area contributed by atoms with Crippen molar-refractivity contribution in [1.29, 1.82) is 0 Å². The van der Waals surface area contributed by atoms with Crippen molar-refractivity contribution in [2.75, 3.05) is 7.11 Å². The van der Waals surface area contributed by atoms with E-state index in [-0.39, 0.29) is 35.5 Å². The van der Waals surface area contributed by atoms with Crippen LogP contribution >= 0.6 is 0 Å². The molecule has 0 N–H and O–H groups in total. The van der Waals surface area contributed by atoms with E-state index in [2.05, 4.69) is 20.7 Å². The smallest absolute Gasteiger partial charge is 1.00 e. The van der Waals surface area contributed by atoms with Gasteiger partial charge in [-0.2, -0.15) is 0 Å². The first-order valence-electron chi connectivity index (χ1n) is 1.96. The van der Waals surface area contributed by atoms with E-state index >= 15 is 0 Å². The molecule has 0 aliphatic carbocycles. The quantitative estimate of drug-likeness (QED) is 0.345. The molecule has 0 aliphatic heterocycles. The fraction of sp³-hybridized carbons (Fsp3) is 0.750. The molecule has 42 valence electrons. The van der Waals surface area contributed by atoms with Gasteiger partial charge >= 0.3 is 79.9 Å². The van der Waals surface area contributed by atoms with E-state index in [1.165, 1.54) is 7.11 Å². The molecule has 0 radical (unpaired) electrons. The molecule has 0 aromatic carbocycles. The number of ether oxygens (including phenoxy) is 1. The average molecular weight is 189 g/mol. The van der Waals surface area contributed by atoms with Crippen molar-refractivity contribution in [3.05, 3.63) is 0 Å². The first-order valence-corrected chi connectivity index (χ1v) is 3.17. The van der Waals surface area contributed by atoms with Gasteiger partial charge in [0.25, 0.3) is 0 Å². The van der Waals surface area contributed by atoms with Crippen LogP contribution in [0, 0.1) is 0 Å². The van der Waals surface area contributed by atoms with Crippen LogP contribution in [0.3, 0.4) is 0 Å². The van der Waals surface area contributed by atoms with Crippen LogP contribution in [-0.2, 0) is 9.53 Å². The predicted octanol–water partition coefficient (Wildman–Crippen LogP) is -2.86. The summed E-state index contributed by atoms with van der Waals surface area (Å²) in [4.78, 5) is 10.2. The van der Waals surface area contributed by atoms with Crippen LogP contribution < -0.4 is 29.6 Å². The van der Waals surface area contributed by atoms with Crippen LogP contribution in [0.2, 0.25) is 5.32 Å². The molecule has 0 bridgehead atoms. The van der Waals surface area contributed by atoms with Crippen molar-refractivity contribution < 1.29 is 39.1 Å². The van der Waals surface area contributed by atoms with E-state index in [9.17, 15) is 4.79 Å². The summed E-state index contributed by atoms with van der Waals surface area (Å²) in [7, 11) is 1.39. The fourth-order valence-electron chi connectivity index (χ4n) is 0.185. The van der Waals surface area contributed by atoms with Gasteiger partial charge < -0.3 is 0 Å². The Bertz CT molecular complexity index is 67.1. The Morgan fingerprint density at radius 3 is 2.38 bits per heavy atom. The second-order valence-corrected chi connectivity index (χ2v) is 1.89. The molecular formula is C4H7NaO2Se. The van der Waals surface area contributed by atoms with Crippen LogP contribution in [0.5, 0.6) is 0 Å². The van der Waals surface area contributed by atoms with Gasteiger partial charge in [-0.05, 0) is 0 Å². The van der Waals surface area contributed by atoms with Crippen LogP contribution in [0.25, 0.3) is 0 Å². The largest absolute Gasteiger partial charge is 1.00 e. The van der Waals surface area contributed by atoms with Gasteiger partial charge in [-0.25, -0.2) is 0 Å². The second-order valence-electron chi connectivity index (χ2n) is 1.03. The molecule has 4 heteroatoms. The molecule has 0 unspecified atom stereocenters. The SMILES string of the molecule is COC(=O)CC[Se-].[Na+]. The maximum Gasteiger partial charge on any atom is 1.00 e. The van der Waals surface area contributed by atoms with Crippen LogP contribution in [-0.4, -0.2) is 29.1 Å². The molecule has 8 heavy (non-hydrogen) atoms. The minimum atomic E-state index is -0.154. The van der Waals surface area contributed by atoms with Gasteiger partial charge in [0.2, 0.25) is 0 Å². The Morgan fingerprint density at radius 2 is 2.25 bits per heavy atom. The number of carbonyl (C=O) groups excluding carboxylic acids is 1. The van der Waals surface area contributed by atoms with Crippen molar-refractivity contribution >= 4 is 22.0 Å². The molecule has 0 heterocycles. The van der Waals surface area contributed by atoms with Gasteiger partial charge in [-0.1, -0.05) is 0 Å². The minimum absolute atomic E-state index is 0. The standard InChI is InChI=1S/C4H8O2Se.Na/c1-6-4(5)2-3-7;/h7H,2-3H2,1H3;/q;+1/p-1. The monoisotopic (exact) mass is 190 g/mol. The molecule has 0 saturated carbocycles. The number of hydrogen-bond donors (Lipinski definition) is 0. The molecule has 0 aromatic heterocycles. The molecule has 0 rings (SSSR count). The fourth-order valence-corrected chi connectivity index (χ4v) is 0.535. The molecule has 0 fully saturated rings. The summed E-state index contributed by atoms with van der Waals surface area (Å²) in [6.07, 6.45) is 0.483. The second kappa shape index (κ2) is 7.99. The van der Waals surface area contributed by atoms with E-state index in [4.69, 9.17) is 0 Å². The summed E-state index contributed by atoms with van der Waals surface area (Å²) in [5.41, 5.74) is 0. The number of esters is 1. The van der Waals surface area contributed by atoms with Gasteiger partial charge in [0.15, 0.2) is 0 Å². The van der Waals surface area contributed by atoms with Crippen LogP contribution in [0.4, 0.5) is 0 Å². The molecule has 0 atom stereocenters. The molecular weight excluding hydrogens is 182 g/mol. The number of rotatable bonds is 2. The van der Waals surface area contributed by atoms with Crippen molar-refractivity contribution in [2.24, 2.45) is 0 Å². The molecule has 0 saturated heterocycles. The summed E-state index contributed by atoms with van der Waals surface area (Å²) < 4.78 is 4.33. The van der Waals surface area contributed by atoms with Gasteiger partial charge in [0, 0.05) is 0 Å². The summed E-state index contributed by atoms with van der Waals surface area (Å²) in [5, 5.41) is 0.743. The van der Waals surface area contributed by atoms with E-state index in [1.807, 2.05) is 0 Å². The molecule has 2 nitrogen and oxygen atoms in total. The van der Waals surface area contributed by atoms with Crippen molar-refractivity contribution in [3.8, 4) is 0 Å². The van der Waals surface area contributed by atoms with Crippen molar-refractivity contribution in [2.45, 2.75) is 11.7 Å². The maximum atomic E-state index is 10.2. The van der Waals surface area contributed by atoms with E-state index in [0.29, 0.717) is 6.42 Å². The van der Waals surface area contributed by atoms with Gasteiger partial charge in [-0.15, -0.1) is 0 Å². The zero-order chi connectivity index (χ0) is 5.70. The van der Waals surface area contributed by atoms with Gasteiger partial charge in [0.1, 0.15) is 0 Å². The predicted molar refractivity (Wildman–Crippen MR) is 27.2 cm³/mol. The summed E-state index contributed by atoms with van der Waals surface area (Å²) in [5.74, 6) is -0.154. The Hall–Kier alpha value is 0.989. The number of hydrogen-bond acceptors (Lipinski definition) is 2. The first kappa shape index (κ1) is 11.7. The number of methoxy groups -OCH3 is 1. The average Bonchev–Trinajstić information content (AvgIpc) is 1.68. The Balaban J connectivity index is 0. The van der Waals surface area contributed by atoms with Gasteiger partial charge in [-0.3, -0.25) is 0 Å². The molecule has 0 aromatic rings.